The molecule has 6 heteroatoms. The van der Waals surface area contributed by atoms with Gasteiger partial charge in [-0.2, -0.15) is 0 Å². The Balaban J connectivity index is 1.26. The molecule has 33 heavy (non-hydrogen) atoms. The van der Waals surface area contributed by atoms with E-state index in [2.05, 4.69) is 39.5 Å². The topological polar surface area (TPSA) is 63.7 Å². The number of likely N-dealkylation sites (tertiary alicyclic amines) is 1. The molecule has 0 aliphatic carbocycles. The molecule has 1 aliphatic heterocycles. The van der Waals surface area contributed by atoms with Crippen molar-refractivity contribution >= 4 is 16.8 Å². The van der Waals surface area contributed by atoms with Crippen molar-refractivity contribution in [1.82, 2.24) is 15.2 Å². The van der Waals surface area contributed by atoms with Crippen molar-refractivity contribution in [3.63, 3.8) is 0 Å². The normalized spacial score (nSPS) is 16.5. The average Bonchev–Trinajstić information content (AvgIpc) is 2.86. The van der Waals surface area contributed by atoms with Crippen molar-refractivity contribution in [2.75, 3.05) is 27.3 Å². The molecule has 1 atom stereocenters. The second-order valence-corrected chi connectivity index (χ2v) is 8.73. The first kappa shape index (κ1) is 23.1. The Bertz CT molecular complexity index is 1080. The summed E-state index contributed by atoms with van der Waals surface area (Å²) in [7, 11) is 3.25. The third kappa shape index (κ3) is 6.02. The number of para-hydroxylation sites is 1. The molecule has 174 valence electrons. The maximum Gasteiger partial charge on any atom is 0.220 e. The lowest BCUT2D eigenvalue weighted by Gasteiger charge is -2.33. The third-order valence-corrected chi connectivity index (χ3v) is 6.46. The lowest BCUT2D eigenvalue weighted by atomic mass is 9.93. The van der Waals surface area contributed by atoms with Gasteiger partial charge in [0.25, 0.3) is 0 Å². The van der Waals surface area contributed by atoms with Crippen molar-refractivity contribution in [2.45, 2.75) is 38.8 Å². The van der Waals surface area contributed by atoms with Crippen LogP contribution in [-0.2, 0) is 17.9 Å². The third-order valence-electron chi connectivity index (χ3n) is 6.46. The van der Waals surface area contributed by atoms with Crippen LogP contribution in [0.2, 0.25) is 0 Å². The van der Waals surface area contributed by atoms with Gasteiger partial charge in [0.1, 0.15) is 11.5 Å². The summed E-state index contributed by atoms with van der Waals surface area (Å²) in [5.74, 6) is 2.09. The molecule has 0 bridgehead atoms. The van der Waals surface area contributed by atoms with Gasteiger partial charge in [0.2, 0.25) is 5.91 Å². The standard InChI is InChI=1S/C27H33N3O3/c1-32-24-12-11-22(25(16-24)33-2)17-29-26(31)13-10-20-6-5-15-30(18-20)19-23-8-3-7-21-9-4-14-28-27(21)23/h3-4,7-9,11-12,14,16,20H,5-6,10,13,15,17-19H2,1-2H3,(H,29,31)/t20-/m1/s1. The molecule has 1 amide bonds. The highest BCUT2D eigenvalue weighted by Crippen LogP contribution is 2.26. The number of carbonyl (C=O) groups excluding carboxylic acids is 1. The van der Waals surface area contributed by atoms with Gasteiger partial charge in [0.05, 0.1) is 19.7 Å². The van der Waals surface area contributed by atoms with Crippen molar-refractivity contribution in [1.29, 1.82) is 0 Å². The molecule has 2 heterocycles. The summed E-state index contributed by atoms with van der Waals surface area (Å²) in [5.41, 5.74) is 3.31. The lowest BCUT2D eigenvalue weighted by molar-refractivity contribution is -0.121. The summed E-state index contributed by atoms with van der Waals surface area (Å²) in [6.45, 7) is 3.50. The zero-order valence-electron chi connectivity index (χ0n) is 19.5. The fourth-order valence-electron chi connectivity index (χ4n) is 4.68. The number of carbonyl (C=O) groups is 1. The molecule has 0 radical (unpaired) electrons. The quantitative estimate of drug-likeness (QED) is 0.521. The predicted molar refractivity (Wildman–Crippen MR) is 130 cm³/mol. The summed E-state index contributed by atoms with van der Waals surface area (Å²) in [6, 6.07) is 16.2. The first-order valence-electron chi connectivity index (χ1n) is 11.7. The molecule has 1 saturated heterocycles. The van der Waals surface area contributed by atoms with Gasteiger partial charge in [-0.05, 0) is 55.5 Å². The van der Waals surface area contributed by atoms with Gasteiger partial charge in [0.15, 0.2) is 0 Å². The maximum atomic E-state index is 12.5. The highest BCUT2D eigenvalue weighted by Gasteiger charge is 2.21. The van der Waals surface area contributed by atoms with Gasteiger partial charge in [-0.3, -0.25) is 14.7 Å². The van der Waals surface area contributed by atoms with Crippen LogP contribution in [0.4, 0.5) is 0 Å². The van der Waals surface area contributed by atoms with E-state index in [4.69, 9.17) is 9.47 Å². The van der Waals surface area contributed by atoms with Crippen LogP contribution < -0.4 is 14.8 Å². The molecule has 0 unspecified atom stereocenters. The van der Waals surface area contributed by atoms with Gasteiger partial charge in [-0.1, -0.05) is 24.3 Å². The molecule has 1 fully saturated rings. The number of hydrogen-bond donors (Lipinski definition) is 1. The molecule has 1 aromatic heterocycles. The number of nitrogens with one attached hydrogen (secondary N) is 1. The van der Waals surface area contributed by atoms with Crippen LogP contribution in [0.15, 0.2) is 54.7 Å². The van der Waals surface area contributed by atoms with E-state index in [0.717, 1.165) is 48.6 Å². The molecule has 0 spiro atoms. The van der Waals surface area contributed by atoms with E-state index in [1.807, 2.05) is 30.5 Å². The molecule has 1 N–H and O–H groups in total. The Morgan fingerprint density at radius 1 is 1.12 bits per heavy atom. The van der Waals surface area contributed by atoms with Gasteiger partial charge in [0, 0.05) is 49.3 Å². The number of ether oxygens (including phenoxy) is 2. The first-order valence-corrected chi connectivity index (χ1v) is 11.7. The average molecular weight is 448 g/mol. The van der Waals surface area contributed by atoms with E-state index in [1.165, 1.54) is 23.8 Å². The molecule has 0 saturated carbocycles. The van der Waals surface area contributed by atoms with Gasteiger partial charge < -0.3 is 14.8 Å². The van der Waals surface area contributed by atoms with Crippen LogP contribution in [0, 0.1) is 5.92 Å². The number of piperidine rings is 1. The molecule has 1 aliphatic rings. The minimum absolute atomic E-state index is 0.0863. The number of amides is 1. The number of hydrogen-bond acceptors (Lipinski definition) is 5. The summed E-state index contributed by atoms with van der Waals surface area (Å²) < 4.78 is 10.7. The van der Waals surface area contributed by atoms with E-state index in [1.54, 1.807) is 14.2 Å². The minimum atomic E-state index is 0.0863. The fourth-order valence-corrected chi connectivity index (χ4v) is 4.68. The summed E-state index contributed by atoms with van der Waals surface area (Å²) in [5, 5.41) is 4.23. The van der Waals surface area contributed by atoms with Crippen molar-refractivity contribution in [2.24, 2.45) is 5.92 Å². The monoisotopic (exact) mass is 447 g/mol. The van der Waals surface area contributed by atoms with Gasteiger partial charge in [-0.15, -0.1) is 0 Å². The number of rotatable bonds is 9. The van der Waals surface area contributed by atoms with E-state index < -0.39 is 0 Å². The van der Waals surface area contributed by atoms with E-state index in [0.29, 0.717) is 18.9 Å². The predicted octanol–water partition coefficient (Wildman–Crippen LogP) is 4.56. The molecular weight excluding hydrogens is 414 g/mol. The van der Waals surface area contributed by atoms with Crippen LogP contribution in [0.5, 0.6) is 11.5 Å². The summed E-state index contributed by atoms with van der Waals surface area (Å²) >= 11 is 0. The largest absolute Gasteiger partial charge is 0.497 e. The van der Waals surface area contributed by atoms with Crippen LogP contribution >= 0.6 is 0 Å². The highest BCUT2D eigenvalue weighted by atomic mass is 16.5. The number of pyridine rings is 1. The van der Waals surface area contributed by atoms with E-state index in [-0.39, 0.29) is 5.91 Å². The fraction of sp³-hybridized carbons (Fsp3) is 0.407. The van der Waals surface area contributed by atoms with Gasteiger partial charge >= 0.3 is 0 Å². The summed E-state index contributed by atoms with van der Waals surface area (Å²) in [4.78, 5) is 19.6. The maximum absolute atomic E-state index is 12.5. The second kappa shape index (κ2) is 11.1. The second-order valence-electron chi connectivity index (χ2n) is 8.73. The molecule has 6 nitrogen and oxygen atoms in total. The Morgan fingerprint density at radius 3 is 2.85 bits per heavy atom. The van der Waals surface area contributed by atoms with E-state index in [9.17, 15) is 4.79 Å². The lowest BCUT2D eigenvalue weighted by Crippen LogP contribution is -2.35. The number of nitrogens with zero attached hydrogens (tertiary/aromatic N) is 2. The molecule has 4 rings (SSSR count). The van der Waals surface area contributed by atoms with Crippen LogP contribution in [-0.4, -0.2) is 43.1 Å². The molecule has 2 aromatic carbocycles. The SMILES string of the molecule is COc1ccc(CNC(=O)CC[C@H]2CCCN(Cc3cccc4cccnc34)C2)c(OC)c1. The number of fused-ring (bicyclic) bond motifs is 1. The van der Waals surface area contributed by atoms with Crippen LogP contribution in [0.25, 0.3) is 10.9 Å². The van der Waals surface area contributed by atoms with Crippen LogP contribution in [0.1, 0.15) is 36.8 Å². The zero-order chi connectivity index (χ0) is 23.0. The smallest absolute Gasteiger partial charge is 0.220 e. The number of methoxy groups -OCH3 is 2. The Morgan fingerprint density at radius 2 is 2.00 bits per heavy atom. The van der Waals surface area contributed by atoms with Crippen molar-refractivity contribution < 1.29 is 14.3 Å². The molecule has 3 aromatic rings. The summed E-state index contributed by atoms with van der Waals surface area (Å²) in [6.07, 6.45) is 5.69. The number of aromatic nitrogens is 1. The van der Waals surface area contributed by atoms with Crippen LogP contribution in [0.3, 0.4) is 0 Å². The number of benzene rings is 2. The highest BCUT2D eigenvalue weighted by molar-refractivity contribution is 5.81. The zero-order valence-corrected chi connectivity index (χ0v) is 19.5. The Kier molecular flexibility index (Phi) is 7.79. The Hall–Kier alpha value is -3.12. The van der Waals surface area contributed by atoms with Crippen molar-refractivity contribution in [3.05, 3.63) is 65.9 Å². The first-order chi connectivity index (χ1) is 16.2. The molecular formula is C27H33N3O3. The minimum Gasteiger partial charge on any atom is -0.497 e. The Labute approximate surface area is 195 Å². The van der Waals surface area contributed by atoms with Gasteiger partial charge in [-0.25, -0.2) is 0 Å². The van der Waals surface area contributed by atoms with Crippen molar-refractivity contribution in [3.8, 4) is 11.5 Å². The van der Waals surface area contributed by atoms with E-state index >= 15 is 0 Å².